The lowest BCUT2D eigenvalue weighted by Gasteiger charge is -2.31. The van der Waals surface area contributed by atoms with Crippen LogP contribution >= 0.6 is 12.4 Å². The number of nitrogens with zero attached hydrogens (tertiary/aromatic N) is 1. The van der Waals surface area contributed by atoms with Crippen LogP contribution in [0.2, 0.25) is 0 Å². The molecule has 1 unspecified atom stereocenters. The van der Waals surface area contributed by atoms with E-state index in [2.05, 4.69) is 4.74 Å². The lowest BCUT2D eigenvalue weighted by Crippen LogP contribution is -2.41. The average molecular weight is 349 g/mol. The van der Waals surface area contributed by atoms with Crippen molar-refractivity contribution >= 4 is 28.4 Å². The number of methoxy groups -OCH3 is 1. The van der Waals surface area contributed by atoms with E-state index in [-0.39, 0.29) is 23.2 Å². The van der Waals surface area contributed by atoms with Crippen LogP contribution in [0.15, 0.2) is 29.2 Å². The van der Waals surface area contributed by atoms with Crippen molar-refractivity contribution in [3.63, 3.8) is 0 Å². The Morgan fingerprint density at radius 2 is 2.00 bits per heavy atom. The summed E-state index contributed by atoms with van der Waals surface area (Å²) in [5.41, 5.74) is 5.97. The number of halogens is 1. The van der Waals surface area contributed by atoms with Gasteiger partial charge in [0.05, 0.1) is 17.6 Å². The Balaban J connectivity index is 0.00000242. The fourth-order valence-electron chi connectivity index (χ4n) is 2.47. The van der Waals surface area contributed by atoms with Gasteiger partial charge in [-0.05, 0) is 49.6 Å². The van der Waals surface area contributed by atoms with Gasteiger partial charge in [-0.3, -0.25) is 0 Å². The monoisotopic (exact) mass is 348 g/mol. The molecule has 1 aliphatic rings. The van der Waals surface area contributed by atoms with Gasteiger partial charge in [0, 0.05) is 13.1 Å². The second-order valence-corrected chi connectivity index (χ2v) is 7.06. The Morgan fingerprint density at radius 3 is 2.55 bits per heavy atom. The van der Waals surface area contributed by atoms with Crippen LogP contribution in [0.5, 0.6) is 0 Å². The number of carbonyl (C=O) groups excluding carboxylic acids is 1. The molecular formula is C14H21ClN2O4S. The molecule has 1 aliphatic heterocycles. The van der Waals surface area contributed by atoms with Crippen molar-refractivity contribution in [2.24, 2.45) is 11.7 Å². The first-order valence-corrected chi connectivity index (χ1v) is 8.31. The van der Waals surface area contributed by atoms with Crippen LogP contribution in [0.25, 0.3) is 0 Å². The summed E-state index contributed by atoms with van der Waals surface area (Å²) in [7, 11) is -2.24. The van der Waals surface area contributed by atoms with E-state index in [0.29, 0.717) is 25.2 Å². The van der Waals surface area contributed by atoms with E-state index in [1.165, 1.54) is 35.7 Å². The SMILES string of the molecule is COC(=O)c1ccc(S(=O)(=O)N2CCCC(CN)C2)cc1.Cl. The number of esters is 1. The van der Waals surface area contributed by atoms with E-state index >= 15 is 0 Å². The molecule has 8 heteroatoms. The molecule has 0 aromatic heterocycles. The van der Waals surface area contributed by atoms with E-state index in [1.807, 2.05) is 0 Å². The number of hydrogen-bond donors (Lipinski definition) is 1. The van der Waals surface area contributed by atoms with Gasteiger partial charge in [-0.25, -0.2) is 13.2 Å². The van der Waals surface area contributed by atoms with Crippen molar-refractivity contribution in [3.05, 3.63) is 29.8 Å². The van der Waals surface area contributed by atoms with Crippen LogP contribution in [0, 0.1) is 5.92 Å². The van der Waals surface area contributed by atoms with Gasteiger partial charge in [0.2, 0.25) is 10.0 Å². The lowest BCUT2D eigenvalue weighted by molar-refractivity contribution is 0.0600. The first-order valence-electron chi connectivity index (χ1n) is 6.87. The van der Waals surface area contributed by atoms with Crippen molar-refractivity contribution in [2.75, 3.05) is 26.7 Å². The van der Waals surface area contributed by atoms with Gasteiger partial charge in [0.25, 0.3) is 0 Å². The second-order valence-electron chi connectivity index (χ2n) is 5.12. The summed E-state index contributed by atoms with van der Waals surface area (Å²) in [6.07, 6.45) is 1.78. The summed E-state index contributed by atoms with van der Waals surface area (Å²) in [4.78, 5) is 11.5. The van der Waals surface area contributed by atoms with Crippen molar-refractivity contribution < 1.29 is 17.9 Å². The third-order valence-corrected chi connectivity index (χ3v) is 5.61. The van der Waals surface area contributed by atoms with Gasteiger partial charge in [0.1, 0.15) is 0 Å². The zero-order chi connectivity index (χ0) is 15.5. The van der Waals surface area contributed by atoms with Crippen molar-refractivity contribution in [1.82, 2.24) is 4.31 Å². The summed E-state index contributed by atoms with van der Waals surface area (Å²) in [5.74, 6) is -0.275. The Labute approximate surface area is 137 Å². The predicted octanol–water partition coefficient (Wildman–Crippen LogP) is 1.25. The number of nitrogens with two attached hydrogens (primary N) is 1. The van der Waals surface area contributed by atoms with Crippen LogP contribution in [0.4, 0.5) is 0 Å². The van der Waals surface area contributed by atoms with Gasteiger partial charge in [-0.1, -0.05) is 0 Å². The Kier molecular flexibility index (Phi) is 6.80. The summed E-state index contributed by atoms with van der Waals surface area (Å²) in [6, 6.07) is 5.80. The number of benzene rings is 1. The Bertz CT molecular complexity index is 604. The number of ether oxygens (including phenoxy) is 1. The highest BCUT2D eigenvalue weighted by molar-refractivity contribution is 7.89. The Hall–Kier alpha value is -1.15. The molecule has 1 atom stereocenters. The molecule has 1 fully saturated rings. The Morgan fingerprint density at radius 1 is 1.36 bits per heavy atom. The molecule has 6 nitrogen and oxygen atoms in total. The predicted molar refractivity (Wildman–Crippen MR) is 85.6 cm³/mol. The lowest BCUT2D eigenvalue weighted by atomic mass is 10.0. The minimum Gasteiger partial charge on any atom is -0.465 e. The number of sulfonamides is 1. The third-order valence-electron chi connectivity index (χ3n) is 3.73. The van der Waals surface area contributed by atoms with E-state index in [4.69, 9.17) is 5.73 Å². The third kappa shape index (κ3) is 3.98. The highest BCUT2D eigenvalue weighted by atomic mass is 35.5. The van der Waals surface area contributed by atoms with Gasteiger partial charge in [0.15, 0.2) is 0 Å². The molecule has 0 spiro atoms. The molecule has 0 radical (unpaired) electrons. The van der Waals surface area contributed by atoms with Crippen molar-refractivity contribution in [2.45, 2.75) is 17.7 Å². The molecule has 0 bridgehead atoms. The highest BCUT2D eigenvalue weighted by Crippen LogP contribution is 2.23. The summed E-state index contributed by atoms with van der Waals surface area (Å²) in [6.45, 7) is 1.46. The van der Waals surface area contributed by atoms with Crippen molar-refractivity contribution in [1.29, 1.82) is 0 Å². The largest absolute Gasteiger partial charge is 0.465 e. The number of carbonyl (C=O) groups is 1. The van der Waals surface area contributed by atoms with Crippen LogP contribution in [0.3, 0.4) is 0 Å². The number of rotatable bonds is 4. The van der Waals surface area contributed by atoms with Gasteiger partial charge >= 0.3 is 5.97 Å². The van der Waals surface area contributed by atoms with Crippen LogP contribution in [-0.4, -0.2) is 45.4 Å². The molecule has 1 saturated heterocycles. The molecule has 1 aromatic rings. The fourth-order valence-corrected chi connectivity index (χ4v) is 4.02. The quantitative estimate of drug-likeness (QED) is 0.827. The minimum absolute atomic E-state index is 0. The molecule has 0 aliphatic carbocycles. The fraction of sp³-hybridized carbons (Fsp3) is 0.500. The first kappa shape index (κ1) is 18.9. The maximum Gasteiger partial charge on any atom is 0.337 e. The normalized spacial score (nSPS) is 19.3. The smallest absolute Gasteiger partial charge is 0.337 e. The van der Waals surface area contributed by atoms with Gasteiger partial charge in [-0.15, -0.1) is 12.4 Å². The van der Waals surface area contributed by atoms with Crippen LogP contribution < -0.4 is 5.73 Å². The molecule has 2 rings (SSSR count). The average Bonchev–Trinajstić information content (AvgIpc) is 2.54. The molecule has 22 heavy (non-hydrogen) atoms. The van der Waals surface area contributed by atoms with E-state index < -0.39 is 16.0 Å². The standard InChI is InChI=1S/C14H20N2O4S.ClH/c1-20-14(17)12-4-6-13(7-5-12)21(18,19)16-8-2-3-11(9-15)10-16;/h4-7,11H,2-3,8-10,15H2,1H3;1H. The molecule has 1 aromatic carbocycles. The second kappa shape index (κ2) is 7.92. The molecule has 1 heterocycles. The van der Waals surface area contributed by atoms with Crippen LogP contribution in [-0.2, 0) is 14.8 Å². The zero-order valence-corrected chi connectivity index (χ0v) is 14.0. The van der Waals surface area contributed by atoms with Gasteiger partial charge < -0.3 is 10.5 Å². The highest BCUT2D eigenvalue weighted by Gasteiger charge is 2.29. The molecule has 0 saturated carbocycles. The molecule has 2 N–H and O–H groups in total. The zero-order valence-electron chi connectivity index (χ0n) is 12.4. The summed E-state index contributed by atoms with van der Waals surface area (Å²) < 4.78 is 31.2. The number of hydrogen-bond acceptors (Lipinski definition) is 5. The maximum atomic E-state index is 12.6. The van der Waals surface area contributed by atoms with Crippen molar-refractivity contribution in [3.8, 4) is 0 Å². The molecule has 0 amide bonds. The maximum absolute atomic E-state index is 12.6. The van der Waals surface area contributed by atoms with E-state index in [0.717, 1.165) is 12.8 Å². The summed E-state index contributed by atoms with van der Waals surface area (Å²) in [5, 5.41) is 0. The van der Waals surface area contributed by atoms with E-state index in [9.17, 15) is 13.2 Å². The molecular weight excluding hydrogens is 328 g/mol. The topological polar surface area (TPSA) is 89.7 Å². The van der Waals surface area contributed by atoms with E-state index in [1.54, 1.807) is 0 Å². The number of piperidine rings is 1. The molecule has 124 valence electrons. The minimum atomic E-state index is -3.53. The first-order chi connectivity index (χ1) is 9.98. The summed E-state index contributed by atoms with van der Waals surface area (Å²) >= 11 is 0. The van der Waals surface area contributed by atoms with Gasteiger partial charge in [-0.2, -0.15) is 4.31 Å². The van der Waals surface area contributed by atoms with Crippen LogP contribution in [0.1, 0.15) is 23.2 Å².